The van der Waals surface area contributed by atoms with Crippen LogP contribution in [0.3, 0.4) is 0 Å². The summed E-state index contributed by atoms with van der Waals surface area (Å²) in [6.07, 6.45) is 5.74. The van der Waals surface area contributed by atoms with Crippen LogP contribution in [0.15, 0.2) is 27.9 Å². The van der Waals surface area contributed by atoms with Crippen LogP contribution in [0.5, 0.6) is 0 Å². The van der Waals surface area contributed by atoms with Crippen molar-refractivity contribution in [2.75, 3.05) is 12.0 Å². The van der Waals surface area contributed by atoms with Crippen molar-refractivity contribution in [2.24, 2.45) is 0 Å². The van der Waals surface area contributed by atoms with Crippen molar-refractivity contribution >= 4 is 10.8 Å². The maximum atomic E-state index is 11.6. The van der Waals surface area contributed by atoms with Gasteiger partial charge in [0, 0.05) is 28.8 Å². The van der Waals surface area contributed by atoms with Gasteiger partial charge in [-0.05, 0) is 13.0 Å². The summed E-state index contributed by atoms with van der Waals surface area (Å²) < 4.78 is 18.0. The number of aromatic amines is 1. The molecule has 2 rings (SSSR count). The predicted octanol–water partition coefficient (Wildman–Crippen LogP) is -0.323. The van der Waals surface area contributed by atoms with Crippen LogP contribution in [-0.4, -0.2) is 31.9 Å². The van der Waals surface area contributed by atoms with Crippen LogP contribution >= 0.6 is 0 Å². The van der Waals surface area contributed by atoms with Crippen molar-refractivity contribution in [1.29, 1.82) is 0 Å². The Morgan fingerprint density at radius 1 is 1.44 bits per heavy atom. The van der Waals surface area contributed by atoms with Crippen LogP contribution in [0.4, 0.5) is 0 Å². The first-order valence-corrected chi connectivity index (χ1v) is 7.16. The summed E-state index contributed by atoms with van der Waals surface area (Å²) in [5.41, 5.74) is -0.475. The van der Waals surface area contributed by atoms with Crippen LogP contribution in [-0.2, 0) is 15.5 Å². The Morgan fingerprint density at radius 2 is 2.17 bits per heavy atom. The number of rotatable bonds is 3. The predicted molar refractivity (Wildman–Crippen MR) is 68.0 cm³/mol. The topological polar surface area (TPSA) is 81.2 Å². The van der Waals surface area contributed by atoms with Crippen molar-refractivity contribution < 1.29 is 8.95 Å². The summed E-state index contributed by atoms with van der Waals surface area (Å²) in [5.74, 6) is 0.393. The van der Waals surface area contributed by atoms with E-state index in [1.807, 2.05) is 0 Å². The van der Waals surface area contributed by atoms with Crippen LogP contribution in [0.1, 0.15) is 11.8 Å². The molecule has 98 valence electrons. The molecular formula is C11H14N2O4S. The van der Waals surface area contributed by atoms with E-state index in [9.17, 15) is 13.8 Å². The SMILES string of the molecule is Cc1cn([C@H]2C=C[C@@H](CS(C)=O)O2)c(=O)[nH]c1=O. The van der Waals surface area contributed by atoms with Gasteiger partial charge in [-0.1, -0.05) is 6.08 Å². The van der Waals surface area contributed by atoms with Crippen molar-refractivity contribution in [1.82, 2.24) is 9.55 Å². The van der Waals surface area contributed by atoms with Gasteiger partial charge in [0.15, 0.2) is 6.23 Å². The van der Waals surface area contributed by atoms with Gasteiger partial charge in [-0.2, -0.15) is 0 Å². The molecule has 1 aliphatic heterocycles. The van der Waals surface area contributed by atoms with Gasteiger partial charge >= 0.3 is 5.69 Å². The molecule has 1 aliphatic rings. The van der Waals surface area contributed by atoms with Crippen molar-refractivity contribution in [3.63, 3.8) is 0 Å². The summed E-state index contributed by atoms with van der Waals surface area (Å²) >= 11 is 0. The van der Waals surface area contributed by atoms with Crippen LogP contribution in [0.25, 0.3) is 0 Å². The van der Waals surface area contributed by atoms with E-state index in [0.29, 0.717) is 11.3 Å². The molecule has 1 aromatic heterocycles. The summed E-state index contributed by atoms with van der Waals surface area (Å²) in [6.45, 7) is 1.62. The van der Waals surface area contributed by atoms with Crippen LogP contribution in [0, 0.1) is 6.92 Å². The zero-order valence-electron chi connectivity index (χ0n) is 10.1. The molecule has 0 fully saturated rings. The highest BCUT2D eigenvalue weighted by molar-refractivity contribution is 7.84. The molecule has 0 bridgehead atoms. The van der Waals surface area contributed by atoms with E-state index >= 15 is 0 Å². The molecule has 0 aliphatic carbocycles. The van der Waals surface area contributed by atoms with Gasteiger partial charge < -0.3 is 4.74 Å². The zero-order chi connectivity index (χ0) is 13.3. The number of nitrogens with zero attached hydrogens (tertiary/aromatic N) is 1. The second-order valence-electron chi connectivity index (χ2n) is 4.17. The highest BCUT2D eigenvalue weighted by Crippen LogP contribution is 2.19. The van der Waals surface area contributed by atoms with E-state index in [2.05, 4.69) is 4.98 Å². The highest BCUT2D eigenvalue weighted by Gasteiger charge is 2.22. The summed E-state index contributed by atoms with van der Waals surface area (Å²) in [4.78, 5) is 25.1. The Morgan fingerprint density at radius 3 is 2.83 bits per heavy atom. The first-order chi connectivity index (χ1) is 8.47. The number of H-pyrrole nitrogens is 1. The summed E-state index contributed by atoms with van der Waals surface area (Å²) in [5, 5.41) is 0. The third-order valence-corrected chi connectivity index (χ3v) is 3.42. The first kappa shape index (κ1) is 13.0. The summed E-state index contributed by atoms with van der Waals surface area (Å²) in [7, 11) is -0.962. The van der Waals surface area contributed by atoms with Gasteiger partial charge in [-0.25, -0.2) is 4.79 Å². The van der Waals surface area contributed by atoms with Crippen molar-refractivity contribution in [3.8, 4) is 0 Å². The minimum absolute atomic E-state index is 0.264. The third-order valence-electron chi connectivity index (χ3n) is 2.62. The maximum Gasteiger partial charge on any atom is 0.330 e. The monoisotopic (exact) mass is 270 g/mol. The molecule has 6 nitrogen and oxygen atoms in total. The molecule has 0 aromatic carbocycles. The van der Waals surface area contributed by atoms with Gasteiger partial charge in [0.05, 0.1) is 11.9 Å². The van der Waals surface area contributed by atoms with Gasteiger partial charge in [0.1, 0.15) is 0 Å². The van der Waals surface area contributed by atoms with Gasteiger partial charge in [0.2, 0.25) is 0 Å². The number of hydrogen-bond donors (Lipinski definition) is 1. The Hall–Kier alpha value is -1.47. The van der Waals surface area contributed by atoms with E-state index in [0.717, 1.165) is 0 Å². The molecule has 1 aromatic rings. The lowest BCUT2D eigenvalue weighted by molar-refractivity contribution is 0.0262. The quantitative estimate of drug-likeness (QED) is 0.763. The molecule has 3 atom stereocenters. The largest absolute Gasteiger partial charge is 0.346 e. The average molecular weight is 270 g/mol. The smallest absolute Gasteiger partial charge is 0.330 e. The second-order valence-corrected chi connectivity index (χ2v) is 5.65. The molecule has 2 heterocycles. The third kappa shape index (κ3) is 2.68. The molecule has 0 saturated carbocycles. The fourth-order valence-electron chi connectivity index (χ4n) is 1.75. The van der Waals surface area contributed by atoms with E-state index in [-0.39, 0.29) is 6.10 Å². The maximum absolute atomic E-state index is 11.6. The number of aromatic nitrogens is 2. The molecule has 0 saturated heterocycles. The standard InChI is InChI=1S/C11H14N2O4S/c1-7-5-13(11(15)12-10(7)14)9-4-3-8(17-9)6-18(2)16/h3-5,8-9H,6H2,1-2H3,(H,12,14,15)/t8-,9+,18?/m0/s1. The minimum atomic E-state index is -0.962. The van der Waals surface area contributed by atoms with Gasteiger partial charge in [-0.3, -0.25) is 18.6 Å². The number of ether oxygens (including phenoxy) is 1. The lowest BCUT2D eigenvalue weighted by Gasteiger charge is -2.15. The summed E-state index contributed by atoms with van der Waals surface area (Å²) in [6, 6.07) is 0. The van der Waals surface area contributed by atoms with Crippen LogP contribution in [0.2, 0.25) is 0 Å². The number of hydrogen-bond acceptors (Lipinski definition) is 4. The molecule has 7 heteroatoms. The second kappa shape index (κ2) is 5.03. The Labute approximate surface area is 106 Å². The molecule has 1 N–H and O–H groups in total. The van der Waals surface area contributed by atoms with Crippen LogP contribution < -0.4 is 11.2 Å². The molecular weight excluding hydrogens is 256 g/mol. The Balaban J connectivity index is 2.23. The Kier molecular flexibility index (Phi) is 3.63. The van der Waals surface area contributed by atoms with E-state index in [1.54, 1.807) is 25.3 Å². The first-order valence-electron chi connectivity index (χ1n) is 5.43. The molecule has 0 radical (unpaired) electrons. The number of aryl methyl sites for hydroxylation is 1. The molecule has 1 unspecified atom stereocenters. The number of nitrogens with one attached hydrogen (secondary N) is 1. The lowest BCUT2D eigenvalue weighted by Crippen LogP contribution is -2.33. The van der Waals surface area contributed by atoms with Crippen molar-refractivity contribution in [2.45, 2.75) is 19.3 Å². The fraction of sp³-hybridized carbons (Fsp3) is 0.455. The lowest BCUT2D eigenvalue weighted by atomic mass is 10.3. The van der Waals surface area contributed by atoms with E-state index in [1.165, 1.54) is 10.8 Å². The normalized spacial score (nSPS) is 24.3. The Bertz CT molecular complexity index is 616. The van der Waals surface area contributed by atoms with Crippen molar-refractivity contribution in [3.05, 3.63) is 44.8 Å². The average Bonchev–Trinajstić information content (AvgIpc) is 2.70. The molecule has 0 amide bonds. The minimum Gasteiger partial charge on any atom is -0.346 e. The van der Waals surface area contributed by atoms with E-state index < -0.39 is 28.3 Å². The van der Waals surface area contributed by atoms with Gasteiger partial charge in [0.25, 0.3) is 5.56 Å². The zero-order valence-corrected chi connectivity index (χ0v) is 10.9. The fourth-order valence-corrected chi connectivity index (χ4v) is 2.40. The molecule has 18 heavy (non-hydrogen) atoms. The van der Waals surface area contributed by atoms with E-state index in [4.69, 9.17) is 4.74 Å². The van der Waals surface area contributed by atoms with Gasteiger partial charge in [-0.15, -0.1) is 0 Å². The molecule has 0 spiro atoms. The highest BCUT2D eigenvalue weighted by atomic mass is 32.2.